The van der Waals surface area contributed by atoms with Gasteiger partial charge in [-0.15, -0.1) is 5.10 Å². The Morgan fingerprint density at radius 1 is 1.06 bits per heavy atom. The minimum Gasteiger partial charge on any atom is -0.508 e. The Morgan fingerprint density at radius 3 is 2.61 bits per heavy atom. The lowest BCUT2D eigenvalue weighted by Crippen LogP contribution is -2.23. The fourth-order valence-electron chi connectivity index (χ4n) is 2.93. The van der Waals surface area contributed by atoms with Crippen molar-refractivity contribution in [2.24, 2.45) is 5.10 Å². The molecular formula is C23H18ClN3O4. The molecule has 0 aliphatic heterocycles. The van der Waals surface area contributed by atoms with Crippen LogP contribution in [0.3, 0.4) is 0 Å². The van der Waals surface area contributed by atoms with Gasteiger partial charge in [0.05, 0.1) is 18.5 Å². The Morgan fingerprint density at radius 2 is 1.84 bits per heavy atom. The molecule has 0 aliphatic carbocycles. The number of carbonyl (C=O) groups is 1. The predicted octanol–water partition coefficient (Wildman–Crippen LogP) is 4.98. The van der Waals surface area contributed by atoms with Crippen LogP contribution in [0.1, 0.15) is 10.4 Å². The van der Waals surface area contributed by atoms with Crippen LogP contribution in [0.25, 0.3) is 11.0 Å². The van der Waals surface area contributed by atoms with Crippen LogP contribution in [0, 0.1) is 0 Å². The van der Waals surface area contributed by atoms with Crippen molar-refractivity contribution in [1.82, 2.24) is 0 Å². The van der Waals surface area contributed by atoms with E-state index in [0.29, 0.717) is 33.1 Å². The average molecular weight is 436 g/mol. The van der Waals surface area contributed by atoms with E-state index >= 15 is 0 Å². The number of nitrogens with zero attached hydrogens (tertiary/aromatic N) is 1. The van der Waals surface area contributed by atoms with Gasteiger partial charge >= 0.3 is 0 Å². The SMILES string of the molecule is COc1ccccc1NC(=O)c1cc2ccc(O)cc2o/c1=N\Nc1ccc(Cl)cc1. The Bertz CT molecular complexity index is 1320. The van der Waals surface area contributed by atoms with E-state index in [2.05, 4.69) is 15.8 Å². The van der Waals surface area contributed by atoms with Crippen molar-refractivity contribution in [2.45, 2.75) is 0 Å². The highest BCUT2D eigenvalue weighted by molar-refractivity contribution is 6.30. The van der Waals surface area contributed by atoms with Crippen LogP contribution in [0.5, 0.6) is 11.5 Å². The molecule has 0 unspecified atom stereocenters. The largest absolute Gasteiger partial charge is 0.508 e. The van der Waals surface area contributed by atoms with Crippen molar-refractivity contribution in [3.05, 3.63) is 88.9 Å². The number of carbonyl (C=O) groups excluding carboxylic acids is 1. The van der Waals surface area contributed by atoms with Gasteiger partial charge in [0.15, 0.2) is 0 Å². The van der Waals surface area contributed by atoms with Gasteiger partial charge in [0.25, 0.3) is 5.91 Å². The first-order valence-electron chi connectivity index (χ1n) is 9.30. The molecule has 0 saturated heterocycles. The zero-order valence-electron chi connectivity index (χ0n) is 16.4. The maximum absolute atomic E-state index is 13.1. The number of rotatable bonds is 5. The van der Waals surface area contributed by atoms with Crippen molar-refractivity contribution < 1.29 is 19.1 Å². The summed E-state index contributed by atoms with van der Waals surface area (Å²) in [5.41, 5.74) is 4.65. The van der Waals surface area contributed by atoms with Crippen LogP contribution in [0.15, 0.2) is 82.3 Å². The van der Waals surface area contributed by atoms with Gasteiger partial charge in [-0.1, -0.05) is 23.7 Å². The standard InChI is InChI=1S/C23H18ClN3O4/c1-30-20-5-3-2-4-19(20)25-22(29)18-12-14-6-11-17(28)13-21(14)31-23(18)27-26-16-9-7-15(24)8-10-16/h2-13,26,28H,1H3,(H,25,29)/b27-23-. The second kappa shape index (κ2) is 8.81. The summed E-state index contributed by atoms with van der Waals surface area (Å²) in [6, 6.07) is 20.3. The number of phenols is 1. The Balaban J connectivity index is 1.77. The molecule has 4 aromatic rings. The van der Waals surface area contributed by atoms with Crippen LogP contribution in [-0.4, -0.2) is 18.1 Å². The highest BCUT2D eigenvalue weighted by atomic mass is 35.5. The topological polar surface area (TPSA) is 96.1 Å². The molecule has 8 heteroatoms. The summed E-state index contributed by atoms with van der Waals surface area (Å²) < 4.78 is 11.1. The van der Waals surface area contributed by atoms with Gasteiger partial charge < -0.3 is 19.6 Å². The number of hydrogen-bond donors (Lipinski definition) is 3. The van der Waals surface area contributed by atoms with Crippen molar-refractivity contribution >= 4 is 39.9 Å². The number of anilines is 2. The number of para-hydroxylation sites is 2. The van der Waals surface area contributed by atoms with Gasteiger partial charge in [0.2, 0.25) is 5.55 Å². The van der Waals surface area contributed by atoms with E-state index in [1.807, 2.05) is 6.07 Å². The summed E-state index contributed by atoms with van der Waals surface area (Å²) in [5.74, 6) is 0.134. The number of phenolic OH excluding ortho intramolecular Hbond substituents is 1. The third-order valence-electron chi connectivity index (χ3n) is 4.46. The summed E-state index contributed by atoms with van der Waals surface area (Å²) in [6.07, 6.45) is 0. The zero-order chi connectivity index (χ0) is 21.8. The van der Waals surface area contributed by atoms with Crippen LogP contribution in [-0.2, 0) is 0 Å². The fraction of sp³-hybridized carbons (Fsp3) is 0.0435. The number of benzene rings is 3. The molecule has 4 rings (SSSR count). The number of aromatic hydroxyl groups is 1. The third-order valence-corrected chi connectivity index (χ3v) is 4.72. The molecule has 156 valence electrons. The molecular weight excluding hydrogens is 418 g/mol. The minimum atomic E-state index is -0.431. The lowest BCUT2D eigenvalue weighted by atomic mass is 10.1. The molecule has 3 aromatic carbocycles. The molecule has 1 aromatic heterocycles. The Hall–Kier alpha value is -3.97. The molecule has 31 heavy (non-hydrogen) atoms. The lowest BCUT2D eigenvalue weighted by Gasteiger charge is -2.10. The molecule has 0 saturated carbocycles. The van der Waals surface area contributed by atoms with Gasteiger partial charge in [0, 0.05) is 16.5 Å². The molecule has 0 radical (unpaired) electrons. The highest BCUT2D eigenvalue weighted by Crippen LogP contribution is 2.24. The number of halogens is 1. The van der Waals surface area contributed by atoms with Crippen molar-refractivity contribution in [3.63, 3.8) is 0 Å². The molecule has 1 heterocycles. The number of ether oxygens (including phenoxy) is 1. The quantitative estimate of drug-likeness (QED) is 0.384. The normalized spacial score (nSPS) is 11.4. The Labute approximate surface area is 182 Å². The van der Waals surface area contributed by atoms with Gasteiger partial charge in [-0.05, 0) is 54.6 Å². The molecule has 0 atom stereocenters. The van der Waals surface area contributed by atoms with E-state index in [4.69, 9.17) is 20.8 Å². The summed E-state index contributed by atoms with van der Waals surface area (Å²) in [6.45, 7) is 0. The van der Waals surface area contributed by atoms with E-state index in [1.54, 1.807) is 54.6 Å². The molecule has 0 aliphatic rings. The van der Waals surface area contributed by atoms with Crippen molar-refractivity contribution in [2.75, 3.05) is 17.9 Å². The van der Waals surface area contributed by atoms with Crippen LogP contribution >= 0.6 is 11.6 Å². The predicted molar refractivity (Wildman–Crippen MR) is 119 cm³/mol. The lowest BCUT2D eigenvalue weighted by molar-refractivity contribution is 0.102. The second-order valence-corrected chi connectivity index (χ2v) is 7.01. The fourth-order valence-corrected chi connectivity index (χ4v) is 3.06. The third kappa shape index (κ3) is 4.62. The first-order valence-corrected chi connectivity index (χ1v) is 9.68. The smallest absolute Gasteiger partial charge is 0.261 e. The molecule has 0 bridgehead atoms. The van der Waals surface area contributed by atoms with E-state index in [9.17, 15) is 9.90 Å². The molecule has 0 fully saturated rings. The van der Waals surface area contributed by atoms with Crippen LogP contribution in [0.4, 0.5) is 11.4 Å². The van der Waals surface area contributed by atoms with Gasteiger partial charge in [-0.2, -0.15) is 0 Å². The van der Waals surface area contributed by atoms with Gasteiger partial charge in [-0.3, -0.25) is 10.2 Å². The average Bonchev–Trinajstić information content (AvgIpc) is 2.78. The van der Waals surface area contributed by atoms with Crippen molar-refractivity contribution in [1.29, 1.82) is 0 Å². The highest BCUT2D eigenvalue weighted by Gasteiger charge is 2.15. The van der Waals surface area contributed by atoms with Gasteiger partial charge in [0.1, 0.15) is 22.6 Å². The molecule has 1 amide bonds. The van der Waals surface area contributed by atoms with E-state index in [1.165, 1.54) is 19.2 Å². The Kier molecular flexibility index (Phi) is 5.77. The molecule has 3 N–H and O–H groups in total. The monoisotopic (exact) mass is 435 g/mol. The summed E-state index contributed by atoms with van der Waals surface area (Å²) in [7, 11) is 1.53. The van der Waals surface area contributed by atoms with E-state index < -0.39 is 5.91 Å². The van der Waals surface area contributed by atoms with Crippen LogP contribution < -0.4 is 21.0 Å². The first kappa shape index (κ1) is 20.3. The van der Waals surface area contributed by atoms with E-state index in [0.717, 1.165) is 0 Å². The maximum atomic E-state index is 13.1. The maximum Gasteiger partial charge on any atom is 0.261 e. The summed E-state index contributed by atoms with van der Waals surface area (Å²) in [4.78, 5) is 13.1. The number of nitrogens with one attached hydrogen (secondary N) is 2. The summed E-state index contributed by atoms with van der Waals surface area (Å²) in [5, 5.41) is 18.1. The number of amides is 1. The summed E-state index contributed by atoms with van der Waals surface area (Å²) >= 11 is 5.91. The molecule has 7 nitrogen and oxygen atoms in total. The minimum absolute atomic E-state index is 0.0408. The number of fused-ring (bicyclic) bond motifs is 1. The number of methoxy groups -OCH3 is 1. The van der Waals surface area contributed by atoms with Crippen molar-refractivity contribution in [3.8, 4) is 11.5 Å². The number of hydrogen-bond acceptors (Lipinski definition) is 6. The van der Waals surface area contributed by atoms with E-state index in [-0.39, 0.29) is 16.9 Å². The zero-order valence-corrected chi connectivity index (χ0v) is 17.2. The molecule has 0 spiro atoms. The first-order chi connectivity index (χ1) is 15.0. The van der Waals surface area contributed by atoms with Crippen LogP contribution in [0.2, 0.25) is 5.02 Å². The second-order valence-electron chi connectivity index (χ2n) is 6.57. The van der Waals surface area contributed by atoms with Gasteiger partial charge in [-0.25, -0.2) is 0 Å².